The standard InChI is InChI=1S/C20H26N2O5S2/c1-6-22(7-2)29(26,27)19-13-17(11-9-15(19)4)21-20(23)16-10-8-14(3)18(12-16)28(5,24)25/h8-13H,6-7H2,1-5H3,(H,21,23). The molecule has 7 nitrogen and oxygen atoms in total. The first-order chi connectivity index (χ1) is 13.4. The molecule has 0 unspecified atom stereocenters. The fourth-order valence-corrected chi connectivity index (χ4v) is 5.71. The molecule has 9 heteroatoms. The molecule has 0 heterocycles. The molecular formula is C20H26N2O5S2. The second kappa shape index (κ2) is 8.64. The number of hydrogen-bond acceptors (Lipinski definition) is 5. The van der Waals surface area contributed by atoms with Crippen LogP contribution < -0.4 is 5.32 Å². The summed E-state index contributed by atoms with van der Waals surface area (Å²) in [6.07, 6.45) is 1.08. The van der Waals surface area contributed by atoms with Gasteiger partial charge >= 0.3 is 0 Å². The molecule has 0 fully saturated rings. The van der Waals surface area contributed by atoms with Crippen molar-refractivity contribution in [2.24, 2.45) is 0 Å². The van der Waals surface area contributed by atoms with E-state index >= 15 is 0 Å². The van der Waals surface area contributed by atoms with Crippen molar-refractivity contribution in [3.05, 3.63) is 53.1 Å². The average Bonchev–Trinajstić information content (AvgIpc) is 2.63. The fourth-order valence-electron chi connectivity index (χ4n) is 3.00. The number of aryl methyl sites for hydroxylation is 2. The highest BCUT2D eigenvalue weighted by Crippen LogP contribution is 2.24. The molecule has 1 amide bonds. The van der Waals surface area contributed by atoms with Gasteiger partial charge in [0, 0.05) is 30.6 Å². The topological polar surface area (TPSA) is 101 Å². The lowest BCUT2D eigenvalue weighted by Gasteiger charge is -2.20. The zero-order valence-corrected chi connectivity index (χ0v) is 18.8. The summed E-state index contributed by atoms with van der Waals surface area (Å²) < 4.78 is 50.9. The largest absolute Gasteiger partial charge is 0.322 e. The van der Waals surface area contributed by atoms with Crippen molar-refractivity contribution >= 4 is 31.5 Å². The molecule has 0 aliphatic rings. The summed E-state index contributed by atoms with van der Waals surface area (Å²) in [5, 5.41) is 2.65. The Balaban J connectivity index is 2.40. The molecule has 29 heavy (non-hydrogen) atoms. The quantitative estimate of drug-likeness (QED) is 0.716. The highest BCUT2D eigenvalue weighted by atomic mass is 32.2. The average molecular weight is 439 g/mol. The maximum absolute atomic E-state index is 12.9. The Morgan fingerprint density at radius 2 is 1.45 bits per heavy atom. The number of rotatable bonds is 7. The van der Waals surface area contributed by atoms with Gasteiger partial charge in [-0.3, -0.25) is 4.79 Å². The van der Waals surface area contributed by atoms with Crippen molar-refractivity contribution in [1.29, 1.82) is 0 Å². The minimum Gasteiger partial charge on any atom is -0.322 e. The Bertz CT molecular complexity index is 1140. The Kier molecular flexibility index (Phi) is 6.87. The predicted molar refractivity (Wildman–Crippen MR) is 114 cm³/mol. The number of amides is 1. The van der Waals surface area contributed by atoms with Crippen molar-refractivity contribution in [2.75, 3.05) is 24.7 Å². The number of nitrogens with zero attached hydrogens (tertiary/aromatic N) is 1. The molecule has 0 aliphatic heterocycles. The van der Waals surface area contributed by atoms with Gasteiger partial charge in [-0.05, 0) is 49.2 Å². The van der Waals surface area contributed by atoms with Crippen LogP contribution in [0.3, 0.4) is 0 Å². The summed E-state index contributed by atoms with van der Waals surface area (Å²) in [6, 6.07) is 9.08. The van der Waals surface area contributed by atoms with E-state index in [4.69, 9.17) is 0 Å². The Morgan fingerprint density at radius 3 is 2.00 bits per heavy atom. The minimum atomic E-state index is -3.68. The van der Waals surface area contributed by atoms with Crippen LogP contribution in [0.5, 0.6) is 0 Å². The molecule has 0 spiro atoms. The van der Waals surface area contributed by atoms with Crippen LogP contribution in [0.1, 0.15) is 35.3 Å². The van der Waals surface area contributed by atoms with Gasteiger partial charge in [0.1, 0.15) is 0 Å². The molecule has 0 atom stereocenters. The minimum absolute atomic E-state index is 0.0823. The van der Waals surface area contributed by atoms with E-state index in [0.29, 0.717) is 29.9 Å². The number of benzene rings is 2. The predicted octanol–water partition coefficient (Wildman–Crippen LogP) is 2.99. The van der Waals surface area contributed by atoms with Crippen molar-refractivity contribution < 1.29 is 21.6 Å². The van der Waals surface area contributed by atoms with Gasteiger partial charge in [0.05, 0.1) is 9.79 Å². The molecule has 0 radical (unpaired) electrons. The third-order valence-electron chi connectivity index (χ3n) is 4.62. The van der Waals surface area contributed by atoms with Gasteiger partial charge in [-0.15, -0.1) is 0 Å². The molecule has 2 aromatic carbocycles. The van der Waals surface area contributed by atoms with Gasteiger partial charge < -0.3 is 5.32 Å². The number of anilines is 1. The molecule has 1 N–H and O–H groups in total. The van der Waals surface area contributed by atoms with Crippen LogP contribution in [0.2, 0.25) is 0 Å². The lowest BCUT2D eigenvalue weighted by atomic mass is 10.1. The smallest absolute Gasteiger partial charge is 0.255 e. The van der Waals surface area contributed by atoms with Gasteiger partial charge in [-0.25, -0.2) is 16.8 Å². The SMILES string of the molecule is CCN(CC)S(=O)(=O)c1cc(NC(=O)c2ccc(C)c(S(C)(=O)=O)c2)ccc1C. The second-order valence-electron chi connectivity index (χ2n) is 6.78. The van der Waals surface area contributed by atoms with E-state index in [2.05, 4.69) is 5.32 Å². The highest BCUT2D eigenvalue weighted by molar-refractivity contribution is 7.90. The van der Waals surface area contributed by atoms with Crippen molar-refractivity contribution in [3.63, 3.8) is 0 Å². The molecular weight excluding hydrogens is 412 g/mol. The summed E-state index contributed by atoms with van der Waals surface area (Å²) in [6.45, 7) is 7.55. The van der Waals surface area contributed by atoms with Crippen molar-refractivity contribution in [3.8, 4) is 0 Å². The van der Waals surface area contributed by atoms with E-state index in [9.17, 15) is 21.6 Å². The van der Waals surface area contributed by atoms with Crippen LogP contribution in [-0.2, 0) is 19.9 Å². The Morgan fingerprint density at radius 1 is 0.897 bits per heavy atom. The monoisotopic (exact) mass is 438 g/mol. The van der Waals surface area contributed by atoms with Gasteiger partial charge in [-0.2, -0.15) is 4.31 Å². The third kappa shape index (κ3) is 5.04. The summed E-state index contributed by atoms with van der Waals surface area (Å²) in [5.74, 6) is -0.523. The van der Waals surface area contributed by atoms with Crippen LogP contribution >= 0.6 is 0 Å². The lowest BCUT2D eigenvalue weighted by Crippen LogP contribution is -2.31. The third-order valence-corrected chi connectivity index (χ3v) is 8.05. The number of sulfonamides is 1. The van der Waals surface area contributed by atoms with Crippen LogP contribution in [0.4, 0.5) is 5.69 Å². The molecule has 2 rings (SSSR count). The molecule has 0 saturated carbocycles. The molecule has 158 valence electrons. The van der Waals surface area contributed by atoms with E-state index in [-0.39, 0.29) is 15.4 Å². The first-order valence-electron chi connectivity index (χ1n) is 9.14. The molecule has 0 aromatic heterocycles. The first-order valence-corrected chi connectivity index (χ1v) is 12.5. The van der Waals surface area contributed by atoms with Gasteiger partial charge in [-0.1, -0.05) is 26.0 Å². The molecule has 0 bridgehead atoms. The number of carbonyl (C=O) groups is 1. The maximum atomic E-state index is 12.9. The van der Waals surface area contributed by atoms with E-state index in [0.717, 1.165) is 6.26 Å². The van der Waals surface area contributed by atoms with Crippen LogP contribution in [0.15, 0.2) is 46.2 Å². The fraction of sp³-hybridized carbons (Fsp3) is 0.350. The van der Waals surface area contributed by atoms with Crippen molar-refractivity contribution in [1.82, 2.24) is 4.31 Å². The van der Waals surface area contributed by atoms with Crippen LogP contribution in [-0.4, -0.2) is 46.4 Å². The summed E-state index contributed by atoms with van der Waals surface area (Å²) in [7, 11) is -7.16. The summed E-state index contributed by atoms with van der Waals surface area (Å²) >= 11 is 0. The highest BCUT2D eigenvalue weighted by Gasteiger charge is 2.24. The Hall–Kier alpha value is -2.23. The molecule has 2 aromatic rings. The summed E-state index contributed by atoms with van der Waals surface area (Å²) in [5.41, 5.74) is 1.61. The zero-order valence-electron chi connectivity index (χ0n) is 17.2. The Labute approximate surface area is 172 Å². The zero-order chi connectivity index (χ0) is 22.0. The van der Waals surface area contributed by atoms with Gasteiger partial charge in [0.25, 0.3) is 5.91 Å². The van der Waals surface area contributed by atoms with E-state index in [1.54, 1.807) is 45.9 Å². The molecule has 0 aliphatic carbocycles. The lowest BCUT2D eigenvalue weighted by molar-refractivity contribution is 0.102. The number of sulfone groups is 1. The van der Waals surface area contributed by atoms with Crippen LogP contribution in [0.25, 0.3) is 0 Å². The van der Waals surface area contributed by atoms with Crippen LogP contribution in [0, 0.1) is 13.8 Å². The maximum Gasteiger partial charge on any atom is 0.255 e. The summed E-state index contributed by atoms with van der Waals surface area (Å²) in [4.78, 5) is 12.8. The van der Waals surface area contributed by atoms with E-state index < -0.39 is 25.8 Å². The first kappa shape index (κ1) is 23.1. The number of nitrogens with one attached hydrogen (secondary N) is 1. The number of hydrogen-bond donors (Lipinski definition) is 1. The van der Waals surface area contributed by atoms with Gasteiger partial charge in [0.15, 0.2) is 9.84 Å². The molecule has 0 saturated heterocycles. The van der Waals surface area contributed by atoms with Gasteiger partial charge in [0.2, 0.25) is 10.0 Å². The van der Waals surface area contributed by atoms with Crippen molar-refractivity contribution in [2.45, 2.75) is 37.5 Å². The van der Waals surface area contributed by atoms with E-state index in [1.165, 1.54) is 22.5 Å². The second-order valence-corrected chi connectivity index (χ2v) is 10.7. The van der Waals surface area contributed by atoms with E-state index in [1.807, 2.05) is 0 Å². The number of carbonyl (C=O) groups excluding carboxylic acids is 1. The normalized spacial score (nSPS) is 12.2.